The fourth-order valence-corrected chi connectivity index (χ4v) is 4.16. The number of ketones is 1. The Hall–Kier alpha value is -2.54. The van der Waals surface area contributed by atoms with Gasteiger partial charge in [0, 0.05) is 13.1 Å². The fourth-order valence-electron chi connectivity index (χ4n) is 4.16. The van der Waals surface area contributed by atoms with E-state index in [0.717, 1.165) is 25.9 Å². The predicted molar refractivity (Wildman–Crippen MR) is 93.7 cm³/mol. The third-order valence-electron chi connectivity index (χ3n) is 5.39. The Labute approximate surface area is 155 Å². The van der Waals surface area contributed by atoms with E-state index in [1.165, 1.54) is 36.5 Å². The highest BCUT2D eigenvalue weighted by Gasteiger charge is 2.42. The van der Waals surface area contributed by atoms with Gasteiger partial charge in [-0.2, -0.15) is 0 Å². The van der Waals surface area contributed by atoms with Gasteiger partial charge in [0.15, 0.2) is 23.2 Å². The molecule has 27 heavy (non-hydrogen) atoms. The molecule has 1 aliphatic heterocycles. The van der Waals surface area contributed by atoms with Crippen LogP contribution in [0.5, 0.6) is 11.5 Å². The molecule has 0 radical (unpaired) electrons. The van der Waals surface area contributed by atoms with E-state index in [1.807, 2.05) is 0 Å². The van der Waals surface area contributed by atoms with Crippen LogP contribution in [0.4, 0.5) is 8.78 Å². The first kappa shape index (κ1) is 17.9. The molecule has 1 saturated carbocycles. The first-order valence-corrected chi connectivity index (χ1v) is 9.01. The number of ether oxygens (including phenoxy) is 1. The lowest BCUT2D eigenvalue weighted by Crippen LogP contribution is -2.30. The van der Waals surface area contributed by atoms with E-state index in [4.69, 9.17) is 4.74 Å². The Balaban J connectivity index is 1.32. The van der Waals surface area contributed by atoms with Gasteiger partial charge in [0.1, 0.15) is 11.4 Å². The maximum absolute atomic E-state index is 13.8. The molecule has 0 spiro atoms. The predicted octanol–water partition coefficient (Wildman–Crippen LogP) is 3.04. The van der Waals surface area contributed by atoms with Crippen LogP contribution < -0.4 is 4.74 Å². The second-order valence-electron chi connectivity index (χ2n) is 7.30. The van der Waals surface area contributed by atoms with Crippen molar-refractivity contribution in [2.75, 3.05) is 19.6 Å². The van der Waals surface area contributed by atoms with Crippen molar-refractivity contribution in [3.8, 4) is 11.5 Å². The van der Waals surface area contributed by atoms with Gasteiger partial charge >= 0.3 is 0 Å². The van der Waals surface area contributed by atoms with Gasteiger partial charge in [0.2, 0.25) is 0 Å². The maximum atomic E-state index is 13.8. The average Bonchev–Trinajstić information content (AvgIpc) is 3.16. The molecule has 2 aliphatic rings. The van der Waals surface area contributed by atoms with E-state index >= 15 is 0 Å². The monoisotopic (exact) mass is 374 g/mol. The molecule has 1 aromatic carbocycles. The number of para-hydroxylation sites is 1. The minimum absolute atomic E-state index is 0.0274. The summed E-state index contributed by atoms with van der Waals surface area (Å²) in [6.07, 6.45) is 2.50. The maximum Gasteiger partial charge on any atom is 0.195 e. The number of rotatable bonds is 5. The molecule has 3 atom stereocenters. The molecule has 1 aliphatic carbocycles. The number of pyridine rings is 1. The van der Waals surface area contributed by atoms with Gasteiger partial charge in [0.25, 0.3) is 0 Å². The van der Waals surface area contributed by atoms with Crippen molar-refractivity contribution in [2.24, 2.45) is 11.8 Å². The third-order valence-corrected chi connectivity index (χ3v) is 5.39. The number of hydrogen-bond acceptors (Lipinski definition) is 5. The van der Waals surface area contributed by atoms with Gasteiger partial charge in [-0.3, -0.25) is 9.69 Å². The van der Waals surface area contributed by atoms with Crippen LogP contribution in [0.3, 0.4) is 0 Å². The summed E-state index contributed by atoms with van der Waals surface area (Å²) < 4.78 is 33.1. The first-order chi connectivity index (χ1) is 13.0. The smallest absolute Gasteiger partial charge is 0.195 e. The summed E-state index contributed by atoms with van der Waals surface area (Å²) >= 11 is 0. The zero-order valence-corrected chi connectivity index (χ0v) is 14.6. The number of carbonyl (C=O) groups excluding carboxylic acids is 1. The van der Waals surface area contributed by atoms with E-state index in [9.17, 15) is 18.7 Å². The lowest BCUT2D eigenvalue weighted by molar-refractivity contribution is 0.0931. The standard InChI is InChI=1S/C20H20F2N2O3/c21-16-2-1-3-17(22)20(16)27-15-6-12-9-24(10-13(12)7-15)11-19(26)18-5-4-14(25)8-23-18/h1-5,8,12-13,15,25H,6-7,9-11H2/t12-,13+,15+. The number of aromatic nitrogens is 1. The van der Waals surface area contributed by atoms with Crippen molar-refractivity contribution in [1.29, 1.82) is 0 Å². The number of likely N-dealkylation sites (tertiary alicyclic amines) is 1. The van der Waals surface area contributed by atoms with E-state index in [-0.39, 0.29) is 29.9 Å². The summed E-state index contributed by atoms with van der Waals surface area (Å²) in [5.41, 5.74) is 0.334. The largest absolute Gasteiger partial charge is 0.506 e. The van der Waals surface area contributed by atoms with Crippen LogP contribution in [0, 0.1) is 23.5 Å². The molecule has 5 nitrogen and oxygen atoms in total. The minimum Gasteiger partial charge on any atom is -0.506 e. The van der Waals surface area contributed by atoms with E-state index in [1.54, 1.807) is 0 Å². The Morgan fingerprint density at radius 3 is 2.41 bits per heavy atom. The zero-order valence-electron chi connectivity index (χ0n) is 14.6. The Morgan fingerprint density at radius 2 is 1.81 bits per heavy atom. The molecule has 2 heterocycles. The van der Waals surface area contributed by atoms with Crippen molar-refractivity contribution in [3.05, 3.63) is 53.9 Å². The number of aromatic hydroxyl groups is 1. The highest BCUT2D eigenvalue weighted by molar-refractivity contribution is 5.95. The summed E-state index contributed by atoms with van der Waals surface area (Å²) in [5.74, 6) is -1.01. The van der Waals surface area contributed by atoms with Crippen LogP contribution in [-0.4, -0.2) is 46.5 Å². The molecular formula is C20H20F2N2O3. The Kier molecular flexibility index (Phi) is 4.78. The van der Waals surface area contributed by atoms with Crippen LogP contribution in [-0.2, 0) is 0 Å². The van der Waals surface area contributed by atoms with Crippen molar-refractivity contribution in [2.45, 2.75) is 18.9 Å². The van der Waals surface area contributed by atoms with Crippen LogP contribution in [0.1, 0.15) is 23.3 Å². The van der Waals surface area contributed by atoms with Gasteiger partial charge in [-0.05, 0) is 48.9 Å². The van der Waals surface area contributed by atoms with Crippen LogP contribution >= 0.6 is 0 Å². The molecule has 142 valence electrons. The highest BCUT2D eigenvalue weighted by Crippen LogP contribution is 2.40. The molecule has 0 bridgehead atoms. The van der Waals surface area contributed by atoms with Gasteiger partial charge in [-0.25, -0.2) is 13.8 Å². The second-order valence-corrected chi connectivity index (χ2v) is 7.30. The quantitative estimate of drug-likeness (QED) is 0.815. The van der Waals surface area contributed by atoms with Gasteiger partial charge in [-0.1, -0.05) is 6.07 Å². The minimum atomic E-state index is -0.680. The number of hydrogen-bond donors (Lipinski definition) is 1. The molecule has 1 saturated heterocycles. The Morgan fingerprint density at radius 1 is 1.15 bits per heavy atom. The number of Topliss-reactive ketones (excluding diaryl/α,β-unsaturated/α-hetero) is 1. The molecule has 1 aromatic heterocycles. The second kappa shape index (κ2) is 7.23. The van der Waals surface area contributed by atoms with Gasteiger partial charge < -0.3 is 9.84 Å². The molecular weight excluding hydrogens is 354 g/mol. The highest BCUT2D eigenvalue weighted by atomic mass is 19.1. The van der Waals surface area contributed by atoms with E-state index in [0.29, 0.717) is 17.5 Å². The number of nitrogens with zero attached hydrogens (tertiary/aromatic N) is 2. The first-order valence-electron chi connectivity index (χ1n) is 9.01. The lowest BCUT2D eigenvalue weighted by atomic mass is 10.0. The van der Waals surface area contributed by atoms with Crippen LogP contribution in [0.25, 0.3) is 0 Å². The summed E-state index contributed by atoms with van der Waals surface area (Å²) in [7, 11) is 0. The summed E-state index contributed by atoms with van der Waals surface area (Å²) in [4.78, 5) is 18.4. The van der Waals surface area contributed by atoms with Crippen LogP contribution in [0.2, 0.25) is 0 Å². The normalized spacial score (nSPS) is 24.7. The van der Waals surface area contributed by atoms with Crippen LogP contribution in [0.15, 0.2) is 36.5 Å². The molecule has 7 heteroatoms. The van der Waals surface area contributed by atoms with Gasteiger partial charge in [0.05, 0.1) is 18.8 Å². The molecule has 4 rings (SSSR count). The molecule has 0 amide bonds. The van der Waals surface area contributed by atoms with Crippen molar-refractivity contribution in [1.82, 2.24) is 9.88 Å². The number of halogens is 2. The number of fused-ring (bicyclic) bond motifs is 1. The lowest BCUT2D eigenvalue weighted by Gasteiger charge is -2.19. The average molecular weight is 374 g/mol. The Bertz CT molecular complexity index is 809. The summed E-state index contributed by atoms with van der Waals surface area (Å²) in [6, 6.07) is 6.67. The molecule has 0 unspecified atom stereocenters. The molecule has 1 N–H and O–H groups in total. The van der Waals surface area contributed by atoms with E-state index < -0.39 is 11.6 Å². The van der Waals surface area contributed by atoms with Crippen molar-refractivity contribution in [3.63, 3.8) is 0 Å². The van der Waals surface area contributed by atoms with E-state index in [2.05, 4.69) is 9.88 Å². The van der Waals surface area contributed by atoms with Crippen molar-refractivity contribution < 1.29 is 23.4 Å². The van der Waals surface area contributed by atoms with Gasteiger partial charge in [-0.15, -0.1) is 0 Å². The third kappa shape index (κ3) is 3.78. The molecule has 2 aromatic rings. The number of carbonyl (C=O) groups is 1. The summed E-state index contributed by atoms with van der Waals surface area (Å²) in [6.45, 7) is 1.79. The fraction of sp³-hybridized carbons (Fsp3) is 0.400. The number of benzene rings is 1. The SMILES string of the molecule is O=C(CN1C[C@H]2C[C@H](Oc3c(F)cccc3F)C[C@H]2C1)c1ccc(O)cn1. The van der Waals surface area contributed by atoms with Crippen molar-refractivity contribution >= 4 is 5.78 Å². The summed E-state index contributed by atoms with van der Waals surface area (Å²) in [5, 5.41) is 9.25. The zero-order chi connectivity index (χ0) is 19.0. The topological polar surface area (TPSA) is 62.7 Å². The molecule has 2 fully saturated rings.